The van der Waals surface area contributed by atoms with Gasteiger partial charge in [-0.2, -0.15) is 0 Å². The largest absolute Gasteiger partial charge is 0.404 e. The molecule has 0 amide bonds. The van der Waals surface area contributed by atoms with Crippen LogP contribution in [0.2, 0.25) is 0 Å². The minimum absolute atomic E-state index is 0.534. The highest BCUT2D eigenvalue weighted by atomic mass is 35.5. The lowest BCUT2D eigenvalue weighted by Crippen LogP contribution is -1.82. The molecule has 0 rings (SSSR count). The number of alkyl halides is 1. The van der Waals surface area contributed by atoms with E-state index >= 15 is 0 Å². The molecule has 3 heteroatoms. The fourth-order valence-electron chi connectivity index (χ4n) is 0.174. The van der Waals surface area contributed by atoms with Crippen LogP contribution in [-0.4, -0.2) is 5.88 Å². The number of rotatable bonds is 2. The van der Waals surface area contributed by atoms with Gasteiger partial charge >= 0.3 is 0 Å². The second-order valence-corrected chi connectivity index (χ2v) is 1.92. The van der Waals surface area contributed by atoms with Crippen LogP contribution < -0.4 is 5.73 Å². The van der Waals surface area contributed by atoms with Crippen LogP contribution in [0.25, 0.3) is 0 Å². The van der Waals surface area contributed by atoms with Crippen molar-refractivity contribution in [2.75, 3.05) is 5.88 Å². The summed E-state index contributed by atoms with van der Waals surface area (Å²) in [6.45, 7) is 0. The molecule has 0 aromatic heterocycles. The summed E-state index contributed by atoms with van der Waals surface area (Å²) in [5, 5.41) is 0.620. The first-order valence-corrected chi connectivity index (χ1v) is 2.84. The Morgan fingerprint density at radius 2 is 2.29 bits per heavy atom. The van der Waals surface area contributed by atoms with Crippen molar-refractivity contribution in [1.82, 2.24) is 0 Å². The van der Waals surface area contributed by atoms with Crippen molar-refractivity contribution in [3.8, 4) is 0 Å². The maximum absolute atomic E-state index is 5.42. The summed E-state index contributed by atoms with van der Waals surface area (Å²) in [5.41, 5.74) is 5.01. The average molecular weight is 140 g/mol. The van der Waals surface area contributed by atoms with Gasteiger partial charge in [0.15, 0.2) is 0 Å². The Balaban J connectivity index is 3.17. The van der Waals surface area contributed by atoms with Crippen LogP contribution in [0.3, 0.4) is 0 Å². The molecule has 1 nitrogen and oxygen atoms in total. The third-order valence-corrected chi connectivity index (χ3v) is 1.02. The van der Waals surface area contributed by atoms with Gasteiger partial charge in [-0.05, 0) is 6.42 Å². The number of halogens is 2. The maximum atomic E-state index is 5.42. The number of nitrogens with two attached hydrogens (primary N) is 1. The zero-order valence-corrected chi connectivity index (χ0v) is 5.34. The van der Waals surface area contributed by atoms with Crippen LogP contribution in [0.4, 0.5) is 0 Å². The predicted octanol–water partition coefficient (Wildman–Crippen LogP) is 1.65. The summed E-state index contributed by atoms with van der Waals surface area (Å²) in [6, 6.07) is 0. The van der Waals surface area contributed by atoms with Crippen molar-refractivity contribution >= 4 is 23.2 Å². The quantitative estimate of drug-likeness (QED) is 0.580. The first-order chi connectivity index (χ1) is 3.31. The molecule has 0 aliphatic rings. The second-order valence-electron chi connectivity index (χ2n) is 1.05. The number of hydrogen-bond donors (Lipinski definition) is 1. The molecule has 7 heavy (non-hydrogen) atoms. The molecule has 0 aliphatic carbocycles. The van der Waals surface area contributed by atoms with Crippen LogP contribution >= 0.6 is 23.2 Å². The van der Waals surface area contributed by atoms with E-state index in [-0.39, 0.29) is 0 Å². The van der Waals surface area contributed by atoms with Crippen LogP contribution in [0.15, 0.2) is 11.2 Å². The Hall–Kier alpha value is 0.120. The molecule has 0 spiro atoms. The van der Waals surface area contributed by atoms with E-state index in [1.807, 2.05) is 0 Å². The van der Waals surface area contributed by atoms with Crippen LogP contribution in [0.5, 0.6) is 0 Å². The molecule has 0 bridgehead atoms. The Bertz CT molecular complexity index is 70.1. The minimum atomic E-state index is 0.534. The molecule has 0 aliphatic heterocycles. The van der Waals surface area contributed by atoms with Crippen molar-refractivity contribution < 1.29 is 0 Å². The van der Waals surface area contributed by atoms with Gasteiger partial charge in [-0.15, -0.1) is 11.6 Å². The van der Waals surface area contributed by atoms with Gasteiger partial charge in [-0.1, -0.05) is 11.6 Å². The highest BCUT2D eigenvalue weighted by molar-refractivity contribution is 6.30. The van der Waals surface area contributed by atoms with Gasteiger partial charge in [0, 0.05) is 17.1 Å². The molecule has 0 saturated heterocycles. The summed E-state index contributed by atoms with van der Waals surface area (Å²) in [4.78, 5) is 0. The highest BCUT2D eigenvalue weighted by Gasteiger charge is 1.84. The predicted molar refractivity (Wildman–Crippen MR) is 33.5 cm³/mol. The van der Waals surface area contributed by atoms with Gasteiger partial charge in [-0.25, -0.2) is 0 Å². The summed E-state index contributed by atoms with van der Waals surface area (Å²) < 4.78 is 0. The second kappa shape index (κ2) is 4.28. The summed E-state index contributed by atoms with van der Waals surface area (Å²) >= 11 is 10.7. The van der Waals surface area contributed by atoms with Gasteiger partial charge < -0.3 is 5.73 Å². The first kappa shape index (κ1) is 7.12. The normalized spacial score (nSPS) is 12.0. The van der Waals surface area contributed by atoms with E-state index in [9.17, 15) is 0 Å². The monoisotopic (exact) mass is 139 g/mol. The van der Waals surface area contributed by atoms with Gasteiger partial charge in [0.05, 0.1) is 0 Å². The third kappa shape index (κ3) is 3.96. The molecular formula is C4H7Cl2N. The lowest BCUT2D eigenvalue weighted by Gasteiger charge is -1.86. The topological polar surface area (TPSA) is 26.0 Å². The molecule has 2 N–H and O–H groups in total. The van der Waals surface area contributed by atoms with Crippen molar-refractivity contribution in [3.63, 3.8) is 0 Å². The van der Waals surface area contributed by atoms with E-state index in [2.05, 4.69) is 0 Å². The van der Waals surface area contributed by atoms with Crippen LogP contribution in [0, 0.1) is 0 Å². The number of allylic oxidation sites excluding steroid dienone is 1. The Morgan fingerprint density at radius 1 is 1.71 bits per heavy atom. The van der Waals surface area contributed by atoms with Gasteiger partial charge in [-0.3, -0.25) is 0 Å². The molecule has 0 saturated carbocycles. The van der Waals surface area contributed by atoms with Crippen LogP contribution in [-0.2, 0) is 0 Å². The van der Waals surface area contributed by atoms with E-state index in [0.29, 0.717) is 17.3 Å². The summed E-state index contributed by atoms with van der Waals surface area (Å²) in [7, 11) is 0. The van der Waals surface area contributed by atoms with Crippen molar-refractivity contribution in [2.24, 2.45) is 5.73 Å². The smallest absolute Gasteiger partial charge is 0.0347 e. The van der Waals surface area contributed by atoms with Gasteiger partial charge in [0.25, 0.3) is 0 Å². The van der Waals surface area contributed by atoms with E-state index < -0.39 is 0 Å². The van der Waals surface area contributed by atoms with Gasteiger partial charge in [0.1, 0.15) is 0 Å². The average Bonchev–Trinajstić information content (AvgIpc) is 1.68. The highest BCUT2D eigenvalue weighted by Crippen LogP contribution is 2.04. The molecular weight excluding hydrogens is 133 g/mol. The van der Waals surface area contributed by atoms with E-state index in [0.717, 1.165) is 0 Å². The molecule has 0 aromatic rings. The maximum Gasteiger partial charge on any atom is 0.0347 e. The summed E-state index contributed by atoms with van der Waals surface area (Å²) in [5.74, 6) is 0.534. The zero-order valence-electron chi connectivity index (χ0n) is 3.82. The SMILES string of the molecule is N/C=C(/Cl)CCCl. The standard InChI is InChI=1S/C4H7Cl2N/c5-2-1-4(6)3-7/h3H,1-2,7H2/b4-3+. The van der Waals surface area contributed by atoms with Crippen molar-refractivity contribution in [1.29, 1.82) is 0 Å². The third-order valence-electron chi connectivity index (χ3n) is 0.514. The molecule has 0 fully saturated rings. The Morgan fingerprint density at radius 3 is 2.43 bits per heavy atom. The van der Waals surface area contributed by atoms with E-state index in [1.165, 1.54) is 6.20 Å². The lowest BCUT2D eigenvalue weighted by atomic mass is 10.5. The molecule has 0 aromatic carbocycles. The molecule has 42 valence electrons. The number of hydrogen-bond acceptors (Lipinski definition) is 1. The van der Waals surface area contributed by atoms with E-state index in [1.54, 1.807) is 0 Å². The minimum Gasteiger partial charge on any atom is -0.404 e. The Labute approximate surface area is 53.1 Å². The van der Waals surface area contributed by atoms with Crippen molar-refractivity contribution in [3.05, 3.63) is 11.2 Å². The Kier molecular flexibility index (Phi) is 4.36. The summed E-state index contributed by atoms with van der Waals surface area (Å²) in [6.07, 6.45) is 2.02. The first-order valence-electron chi connectivity index (χ1n) is 1.93. The van der Waals surface area contributed by atoms with E-state index in [4.69, 9.17) is 28.9 Å². The lowest BCUT2D eigenvalue weighted by molar-refractivity contribution is 1.19. The molecule has 0 atom stereocenters. The zero-order chi connectivity index (χ0) is 5.70. The fourth-order valence-corrected chi connectivity index (χ4v) is 0.568. The molecule has 0 unspecified atom stereocenters. The van der Waals surface area contributed by atoms with Crippen molar-refractivity contribution in [2.45, 2.75) is 6.42 Å². The molecule has 0 radical (unpaired) electrons. The molecule has 0 heterocycles. The van der Waals surface area contributed by atoms with Crippen LogP contribution in [0.1, 0.15) is 6.42 Å². The fraction of sp³-hybridized carbons (Fsp3) is 0.500. The van der Waals surface area contributed by atoms with Gasteiger partial charge in [0.2, 0.25) is 0 Å².